The molecule has 0 aliphatic carbocycles. The summed E-state index contributed by atoms with van der Waals surface area (Å²) in [6.07, 6.45) is -4.39. The van der Waals surface area contributed by atoms with E-state index < -0.39 is 18.1 Å². The lowest BCUT2D eigenvalue weighted by molar-refractivity contribution is -0.189. The van der Waals surface area contributed by atoms with Gasteiger partial charge in [-0.1, -0.05) is 30.3 Å². The number of amides is 1. The molecule has 0 radical (unpaired) electrons. The molecule has 0 bridgehead atoms. The first-order chi connectivity index (χ1) is 8.93. The highest BCUT2D eigenvalue weighted by atomic mass is 19.4. The van der Waals surface area contributed by atoms with E-state index in [0.29, 0.717) is 0 Å². The Morgan fingerprint density at radius 2 is 1.95 bits per heavy atom. The zero-order valence-electron chi connectivity index (χ0n) is 10.2. The Morgan fingerprint density at radius 3 is 2.42 bits per heavy atom. The van der Waals surface area contributed by atoms with Crippen molar-refractivity contribution < 1.29 is 18.0 Å². The quantitative estimate of drug-likeness (QED) is 0.916. The van der Waals surface area contributed by atoms with E-state index in [4.69, 9.17) is 5.73 Å². The molecule has 1 aromatic carbocycles. The molecule has 1 saturated heterocycles. The standard InChI is InChI=1S/C13H15F3N2O/c14-13(15,16)12(10-4-2-1-3-5-10)18-8-9(7-17)6-11(18)19/h1-5,9,12H,6-8,17H2. The van der Waals surface area contributed by atoms with Crippen molar-refractivity contribution in [1.29, 1.82) is 0 Å². The van der Waals surface area contributed by atoms with Crippen molar-refractivity contribution >= 4 is 5.91 Å². The molecule has 1 heterocycles. The number of carbonyl (C=O) groups is 1. The molecular weight excluding hydrogens is 257 g/mol. The average Bonchev–Trinajstić information content (AvgIpc) is 2.71. The Hall–Kier alpha value is -1.56. The molecule has 2 N–H and O–H groups in total. The number of hydrogen-bond acceptors (Lipinski definition) is 2. The molecule has 19 heavy (non-hydrogen) atoms. The first-order valence-corrected chi connectivity index (χ1v) is 6.04. The lowest BCUT2D eigenvalue weighted by Gasteiger charge is -2.30. The summed E-state index contributed by atoms with van der Waals surface area (Å²) in [5, 5.41) is 0. The van der Waals surface area contributed by atoms with Crippen LogP contribution in [0, 0.1) is 5.92 Å². The number of nitrogens with two attached hydrogens (primary N) is 1. The van der Waals surface area contributed by atoms with Crippen LogP contribution in [-0.4, -0.2) is 30.1 Å². The molecule has 2 atom stereocenters. The van der Waals surface area contributed by atoms with Gasteiger partial charge in [0.05, 0.1) is 0 Å². The Labute approximate surface area is 109 Å². The molecule has 0 saturated carbocycles. The molecular formula is C13H15F3N2O. The van der Waals surface area contributed by atoms with E-state index in [2.05, 4.69) is 0 Å². The number of carbonyl (C=O) groups excluding carboxylic acids is 1. The number of benzene rings is 1. The molecule has 1 amide bonds. The summed E-state index contributed by atoms with van der Waals surface area (Å²) in [5.41, 5.74) is 5.53. The summed E-state index contributed by atoms with van der Waals surface area (Å²) >= 11 is 0. The maximum Gasteiger partial charge on any atom is 0.413 e. The Balaban J connectivity index is 2.32. The van der Waals surface area contributed by atoms with Crippen LogP contribution in [0.1, 0.15) is 18.0 Å². The van der Waals surface area contributed by atoms with Gasteiger partial charge in [0, 0.05) is 13.0 Å². The van der Waals surface area contributed by atoms with Crippen LogP contribution in [0.3, 0.4) is 0 Å². The highest BCUT2D eigenvalue weighted by Gasteiger charge is 2.48. The molecule has 104 valence electrons. The van der Waals surface area contributed by atoms with E-state index in [1.165, 1.54) is 24.3 Å². The minimum absolute atomic E-state index is 0.0639. The summed E-state index contributed by atoms with van der Waals surface area (Å²) in [6.45, 7) is 0.288. The predicted molar refractivity (Wildman–Crippen MR) is 64.1 cm³/mol. The monoisotopic (exact) mass is 272 g/mol. The van der Waals surface area contributed by atoms with Crippen molar-refractivity contribution in [1.82, 2.24) is 4.90 Å². The van der Waals surface area contributed by atoms with Gasteiger partial charge >= 0.3 is 6.18 Å². The van der Waals surface area contributed by atoms with Crippen LogP contribution in [0.25, 0.3) is 0 Å². The molecule has 1 aromatic rings. The number of nitrogens with zero attached hydrogens (tertiary/aromatic N) is 1. The summed E-state index contributed by atoms with van der Waals surface area (Å²) in [6, 6.07) is 5.62. The van der Waals surface area contributed by atoms with Crippen LogP contribution >= 0.6 is 0 Å². The lowest BCUT2D eigenvalue weighted by atomic mass is 10.1. The SMILES string of the molecule is NCC1CC(=O)N(C(c2ccccc2)C(F)(F)F)C1. The van der Waals surface area contributed by atoms with Crippen molar-refractivity contribution in [3.8, 4) is 0 Å². The van der Waals surface area contributed by atoms with E-state index in [0.717, 1.165) is 4.90 Å². The second kappa shape index (κ2) is 5.21. The normalized spacial score (nSPS) is 21.8. The first kappa shape index (κ1) is 13.9. The summed E-state index contributed by atoms with van der Waals surface area (Å²) in [5.74, 6) is -0.678. The largest absolute Gasteiger partial charge is 0.413 e. The molecule has 0 aromatic heterocycles. The van der Waals surface area contributed by atoms with E-state index in [9.17, 15) is 18.0 Å². The highest BCUT2D eigenvalue weighted by Crippen LogP contribution is 2.40. The van der Waals surface area contributed by atoms with Crippen molar-refractivity contribution in [2.24, 2.45) is 11.7 Å². The fourth-order valence-corrected chi connectivity index (χ4v) is 2.40. The van der Waals surface area contributed by atoms with E-state index >= 15 is 0 Å². The second-order valence-electron chi connectivity index (χ2n) is 4.71. The second-order valence-corrected chi connectivity index (χ2v) is 4.71. The third-order valence-corrected chi connectivity index (χ3v) is 3.31. The van der Waals surface area contributed by atoms with Gasteiger partial charge < -0.3 is 10.6 Å². The minimum Gasteiger partial charge on any atom is -0.330 e. The predicted octanol–water partition coefficient (Wildman–Crippen LogP) is 2.10. The summed E-state index contributed by atoms with van der Waals surface area (Å²) in [4.78, 5) is 12.7. The van der Waals surface area contributed by atoms with Crippen LogP contribution in [-0.2, 0) is 4.79 Å². The van der Waals surface area contributed by atoms with Gasteiger partial charge in [0.15, 0.2) is 6.04 Å². The molecule has 3 nitrogen and oxygen atoms in total. The fraction of sp³-hybridized carbons (Fsp3) is 0.462. The molecule has 1 fully saturated rings. The molecule has 2 rings (SSSR count). The van der Waals surface area contributed by atoms with Crippen LogP contribution in [0.4, 0.5) is 13.2 Å². The third-order valence-electron chi connectivity index (χ3n) is 3.31. The van der Waals surface area contributed by atoms with Crippen molar-refractivity contribution in [3.05, 3.63) is 35.9 Å². The lowest BCUT2D eigenvalue weighted by Crippen LogP contribution is -2.39. The Kier molecular flexibility index (Phi) is 3.80. The maximum absolute atomic E-state index is 13.2. The van der Waals surface area contributed by atoms with Crippen LogP contribution in [0.2, 0.25) is 0 Å². The fourth-order valence-electron chi connectivity index (χ4n) is 2.40. The molecule has 6 heteroatoms. The van der Waals surface area contributed by atoms with Crippen LogP contribution < -0.4 is 5.73 Å². The van der Waals surface area contributed by atoms with Gasteiger partial charge in [-0.2, -0.15) is 13.2 Å². The van der Waals surface area contributed by atoms with Crippen LogP contribution in [0.15, 0.2) is 30.3 Å². The van der Waals surface area contributed by atoms with Gasteiger partial charge in [0.25, 0.3) is 0 Å². The zero-order chi connectivity index (χ0) is 14.0. The molecule has 2 unspecified atom stereocenters. The topological polar surface area (TPSA) is 46.3 Å². The number of likely N-dealkylation sites (tertiary alicyclic amines) is 1. The Morgan fingerprint density at radius 1 is 1.32 bits per heavy atom. The number of alkyl halides is 3. The first-order valence-electron chi connectivity index (χ1n) is 6.04. The number of halogens is 3. The molecule has 1 aliphatic rings. The average molecular weight is 272 g/mol. The van der Waals surface area contributed by atoms with Crippen molar-refractivity contribution in [2.45, 2.75) is 18.6 Å². The van der Waals surface area contributed by atoms with Crippen molar-refractivity contribution in [2.75, 3.05) is 13.1 Å². The van der Waals surface area contributed by atoms with Gasteiger partial charge in [-0.05, 0) is 18.0 Å². The van der Waals surface area contributed by atoms with Gasteiger partial charge in [-0.25, -0.2) is 0 Å². The number of hydrogen-bond donors (Lipinski definition) is 1. The maximum atomic E-state index is 13.2. The van der Waals surface area contributed by atoms with E-state index in [1.807, 2.05) is 0 Å². The van der Waals surface area contributed by atoms with Gasteiger partial charge in [-0.3, -0.25) is 4.79 Å². The number of rotatable bonds is 3. The van der Waals surface area contributed by atoms with E-state index in [-0.39, 0.29) is 31.0 Å². The van der Waals surface area contributed by atoms with Crippen molar-refractivity contribution in [3.63, 3.8) is 0 Å². The highest BCUT2D eigenvalue weighted by molar-refractivity contribution is 5.79. The van der Waals surface area contributed by atoms with Gasteiger partial charge in [-0.15, -0.1) is 0 Å². The van der Waals surface area contributed by atoms with Gasteiger partial charge in [0.1, 0.15) is 0 Å². The Bertz CT molecular complexity index is 447. The van der Waals surface area contributed by atoms with Gasteiger partial charge in [0.2, 0.25) is 5.91 Å². The minimum atomic E-state index is -4.49. The van der Waals surface area contributed by atoms with Crippen LogP contribution in [0.5, 0.6) is 0 Å². The summed E-state index contributed by atoms with van der Waals surface area (Å²) in [7, 11) is 0. The molecule has 1 aliphatic heterocycles. The third kappa shape index (κ3) is 2.89. The smallest absolute Gasteiger partial charge is 0.330 e. The molecule has 0 spiro atoms. The summed E-state index contributed by atoms with van der Waals surface area (Å²) < 4.78 is 39.7. The van der Waals surface area contributed by atoms with E-state index in [1.54, 1.807) is 6.07 Å². The zero-order valence-corrected chi connectivity index (χ0v) is 10.2.